The van der Waals surface area contributed by atoms with Crippen molar-refractivity contribution < 1.29 is 12.6 Å². The van der Waals surface area contributed by atoms with E-state index in [4.69, 9.17) is 39.0 Å². The summed E-state index contributed by atoms with van der Waals surface area (Å²) in [5.41, 5.74) is 2.37. The minimum absolute atomic E-state index is 0.127. The Hall–Kier alpha value is -0.0800. The van der Waals surface area contributed by atoms with Gasteiger partial charge >= 0.3 is 10.3 Å². The van der Waals surface area contributed by atoms with Gasteiger partial charge in [-0.3, -0.25) is 4.18 Å². The number of nitrogens with one attached hydrogen (secondary N) is 2. The van der Waals surface area contributed by atoms with E-state index in [0.29, 0.717) is 6.42 Å². The fourth-order valence-corrected chi connectivity index (χ4v) is 5.25. The summed E-state index contributed by atoms with van der Waals surface area (Å²) in [6, 6.07) is 7.71. The van der Waals surface area contributed by atoms with Crippen molar-refractivity contribution in [2.45, 2.75) is 40.9 Å². The minimum atomic E-state index is -4.02. The van der Waals surface area contributed by atoms with Crippen LogP contribution in [0, 0.1) is 0 Å². The van der Waals surface area contributed by atoms with E-state index in [1.807, 2.05) is 18.2 Å². The Kier molecular flexibility index (Phi) is 5.91. The van der Waals surface area contributed by atoms with Gasteiger partial charge in [0.25, 0.3) is 0 Å². The fraction of sp³-hybridized carbons (Fsp3) is 0.625. The third kappa shape index (κ3) is 4.80. The van der Waals surface area contributed by atoms with E-state index in [-0.39, 0.29) is 11.5 Å². The SMILES string of the molecule is O=S(=O)(NC1CCC2(CCNCC2)c2ccccc21)OCC(Cl)(Cl)Cl. The topological polar surface area (TPSA) is 67.4 Å². The molecule has 1 aliphatic heterocycles. The van der Waals surface area contributed by atoms with Gasteiger partial charge in [0.15, 0.2) is 0 Å². The lowest BCUT2D eigenvalue weighted by molar-refractivity contribution is 0.247. The maximum absolute atomic E-state index is 12.2. The summed E-state index contributed by atoms with van der Waals surface area (Å²) in [5.74, 6) is 0. The summed E-state index contributed by atoms with van der Waals surface area (Å²) in [4.78, 5) is 0. The molecule has 1 spiro atoms. The average Bonchev–Trinajstić information content (AvgIpc) is 2.57. The molecule has 1 atom stereocenters. The number of piperidine rings is 1. The lowest BCUT2D eigenvalue weighted by atomic mass is 9.64. The maximum atomic E-state index is 12.2. The predicted octanol–water partition coefficient (Wildman–Crippen LogP) is 3.36. The van der Waals surface area contributed by atoms with Crippen LogP contribution in [0.25, 0.3) is 0 Å². The molecule has 0 aromatic heterocycles. The maximum Gasteiger partial charge on any atom is 0.336 e. The molecule has 5 nitrogen and oxygen atoms in total. The van der Waals surface area contributed by atoms with Crippen LogP contribution in [0.5, 0.6) is 0 Å². The summed E-state index contributed by atoms with van der Waals surface area (Å²) in [6.07, 6.45) is 3.78. The zero-order valence-corrected chi connectivity index (χ0v) is 16.7. The Morgan fingerprint density at radius 3 is 2.56 bits per heavy atom. The average molecular weight is 428 g/mol. The van der Waals surface area contributed by atoms with Gasteiger partial charge in [-0.1, -0.05) is 59.1 Å². The Labute approximate surface area is 163 Å². The van der Waals surface area contributed by atoms with Gasteiger partial charge in [-0.15, -0.1) is 0 Å². The largest absolute Gasteiger partial charge is 0.336 e. The molecule has 9 heteroatoms. The second-order valence-electron chi connectivity index (χ2n) is 6.66. The number of hydrogen-bond acceptors (Lipinski definition) is 4. The monoisotopic (exact) mass is 426 g/mol. The molecular weight excluding hydrogens is 407 g/mol. The van der Waals surface area contributed by atoms with E-state index in [1.54, 1.807) is 0 Å². The van der Waals surface area contributed by atoms with Crippen LogP contribution in [0.15, 0.2) is 24.3 Å². The summed E-state index contributed by atoms with van der Waals surface area (Å²) in [5, 5.41) is 3.40. The number of fused-ring (bicyclic) bond motifs is 2. The van der Waals surface area contributed by atoms with E-state index in [2.05, 4.69) is 16.1 Å². The van der Waals surface area contributed by atoms with Crippen LogP contribution in [0.3, 0.4) is 0 Å². The number of rotatable bonds is 4. The highest BCUT2D eigenvalue weighted by Gasteiger charge is 2.41. The summed E-state index contributed by atoms with van der Waals surface area (Å²) >= 11 is 16.7. The second kappa shape index (κ2) is 7.50. The number of halogens is 3. The van der Waals surface area contributed by atoms with E-state index >= 15 is 0 Å². The highest BCUT2D eigenvalue weighted by atomic mass is 35.6. The minimum Gasteiger partial charge on any atom is -0.317 e. The predicted molar refractivity (Wildman–Crippen MR) is 100 cm³/mol. The smallest absolute Gasteiger partial charge is 0.317 e. The number of benzene rings is 1. The van der Waals surface area contributed by atoms with Crippen molar-refractivity contribution in [2.75, 3.05) is 19.7 Å². The van der Waals surface area contributed by atoms with Crippen LogP contribution >= 0.6 is 34.8 Å². The van der Waals surface area contributed by atoms with Crippen molar-refractivity contribution in [1.82, 2.24) is 10.0 Å². The normalized spacial score (nSPS) is 23.4. The summed E-state index contributed by atoms with van der Waals surface area (Å²) in [6.45, 7) is 1.44. The van der Waals surface area contributed by atoms with Crippen LogP contribution in [0.2, 0.25) is 0 Å². The zero-order valence-electron chi connectivity index (χ0n) is 13.6. The molecule has 0 radical (unpaired) electrons. The first-order valence-electron chi connectivity index (χ1n) is 8.24. The van der Waals surface area contributed by atoms with Gasteiger partial charge in [0.2, 0.25) is 3.79 Å². The van der Waals surface area contributed by atoms with Crippen molar-refractivity contribution in [3.63, 3.8) is 0 Å². The molecule has 3 rings (SSSR count). The molecule has 1 fully saturated rings. The lowest BCUT2D eigenvalue weighted by Crippen LogP contribution is -2.45. The zero-order chi connectivity index (χ0) is 18.1. The van der Waals surface area contributed by atoms with Gasteiger partial charge < -0.3 is 5.32 Å². The molecule has 25 heavy (non-hydrogen) atoms. The highest BCUT2D eigenvalue weighted by Crippen LogP contribution is 2.47. The molecule has 1 heterocycles. The first-order chi connectivity index (χ1) is 11.7. The Bertz CT molecular complexity index is 716. The molecule has 1 aromatic carbocycles. The van der Waals surface area contributed by atoms with Crippen molar-refractivity contribution >= 4 is 45.1 Å². The van der Waals surface area contributed by atoms with Gasteiger partial charge in [-0.2, -0.15) is 13.1 Å². The van der Waals surface area contributed by atoms with Gasteiger partial charge in [0.1, 0.15) is 6.61 Å². The summed E-state index contributed by atoms with van der Waals surface area (Å²) in [7, 11) is -4.02. The number of hydrogen-bond donors (Lipinski definition) is 2. The molecule has 2 N–H and O–H groups in total. The van der Waals surface area contributed by atoms with Crippen molar-refractivity contribution in [2.24, 2.45) is 0 Å². The molecular formula is C16H21Cl3N2O3S. The molecule has 1 aromatic rings. The van der Waals surface area contributed by atoms with Gasteiger partial charge in [-0.25, -0.2) is 0 Å². The standard InChI is InChI=1S/C16H21Cl3N2O3S/c17-16(18,19)11-24-25(22,23)21-14-5-6-15(7-9-20-10-8-15)13-4-2-1-3-12(13)14/h1-4,14,20-21H,5-11H2. The third-order valence-corrected chi connectivity index (χ3v) is 6.37. The van der Waals surface area contributed by atoms with Crippen LogP contribution in [0.4, 0.5) is 0 Å². The van der Waals surface area contributed by atoms with Crippen LogP contribution in [0.1, 0.15) is 42.9 Å². The van der Waals surface area contributed by atoms with Crippen LogP contribution in [-0.4, -0.2) is 31.9 Å². The van der Waals surface area contributed by atoms with Gasteiger partial charge in [0.05, 0.1) is 0 Å². The van der Waals surface area contributed by atoms with Crippen molar-refractivity contribution in [3.05, 3.63) is 35.4 Å². The fourth-order valence-electron chi connectivity index (χ4n) is 3.89. The Morgan fingerprint density at radius 1 is 1.20 bits per heavy atom. The van der Waals surface area contributed by atoms with Crippen molar-refractivity contribution in [1.29, 1.82) is 0 Å². The Morgan fingerprint density at radius 2 is 1.88 bits per heavy atom. The Balaban J connectivity index is 1.80. The molecule has 0 bridgehead atoms. The molecule has 140 valence electrons. The molecule has 0 saturated carbocycles. The molecule has 1 aliphatic carbocycles. The third-order valence-electron chi connectivity index (χ3n) is 5.04. The van der Waals surface area contributed by atoms with Crippen LogP contribution < -0.4 is 10.0 Å². The second-order valence-corrected chi connectivity index (χ2v) is 10.6. The van der Waals surface area contributed by atoms with E-state index in [0.717, 1.165) is 37.9 Å². The molecule has 0 amide bonds. The van der Waals surface area contributed by atoms with Gasteiger partial charge in [0, 0.05) is 6.04 Å². The first kappa shape index (κ1) is 19.7. The first-order valence-corrected chi connectivity index (χ1v) is 10.8. The van der Waals surface area contributed by atoms with E-state index in [9.17, 15) is 8.42 Å². The van der Waals surface area contributed by atoms with E-state index in [1.165, 1.54) is 5.56 Å². The molecule has 1 saturated heterocycles. The molecule has 2 aliphatic rings. The highest BCUT2D eigenvalue weighted by molar-refractivity contribution is 7.84. The van der Waals surface area contributed by atoms with E-state index < -0.39 is 20.7 Å². The quantitative estimate of drug-likeness (QED) is 0.723. The van der Waals surface area contributed by atoms with Gasteiger partial charge in [-0.05, 0) is 55.3 Å². The lowest BCUT2D eigenvalue weighted by Gasteiger charge is -2.44. The van der Waals surface area contributed by atoms with Crippen molar-refractivity contribution in [3.8, 4) is 0 Å². The van der Waals surface area contributed by atoms with Crippen LogP contribution in [-0.2, 0) is 19.9 Å². The summed E-state index contributed by atoms with van der Waals surface area (Å²) < 4.78 is 30.0. The number of alkyl halides is 3. The molecule has 1 unspecified atom stereocenters.